The van der Waals surface area contributed by atoms with Gasteiger partial charge in [-0.25, -0.2) is 4.98 Å². The highest BCUT2D eigenvalue weighted by atomic mass is 16.3. The van der Waals surface area contributed by atoms with Crippen LogP contribution in [0.25, 0.3) is 5.95 Å². The molecule has 0 radical (unpaired) electrons. The zero-order valence-electron chi connectivity index (χ0n) is 10.0. The predicted octanol–water partition coefficient (Wildman–Crippen LogP) is 1.25. The number of nitrogens with two attached hydrogens (primary N) is 1. The smallest absolute Gasteiger partial charge is 0.255 e. The van der Waals surface area contributed by atoms with Crippen LogP contribution in [0.15, 0.2) is 18.3 Å². The fourth-order valence-electron chi connectivity index (χ4n) is 1.36. The van der Waals surface area contributed by atoms with Gasteiger partial charge in [-0.3, -0.25) is 0 Å². The molecule has 0 bridgehead atoms. The molecule has 2 aromatic heterocycles. The van der Waals surface area contributed by atoms with Gasteiger partial charge in [-0.15, -0.1) is 0 Å². The highest BCUT2D eigenvalue weighted by Crippen LogP contribution is 2.23. The summed E-state index contributed by atoms with van der Waals surface area (Å²) in [5.74, 6) is 0.598. The molecule has 3 N–H and O–H groups in total. The van der Waals surface area contributed by atoms with Crippen molar-refractivity contribution in [3.8, 4) is 11.8 Å². The number of nitrogen functional groups attached to an aromatic ring is 1. The number of hydrogen-bond donors (Lipinski definition) is 2. The summed E-state index contributed by atoms with van der Waals surface area (Å²) in [5.41, 5.74) is 6.61. The predicted molar refractivity (Wildman–Crippen MR) is 63.9 cm³/mol. The highest BCUT2D eigenvalue weighted by Gasteiger charge is 2.20. The Balaban J connectivity index is 2.50. The standard InChI is InChI=1S/C11H15N5O/c1-11(2,3)7-6-8(12)16(15-7)10-13-5-4-9(17)14-10/h4-6H,12H2,1-3H3,(H,13,14,17). The van der Waals surface area contributed by atoms with Crippen molar-refractivity contribution >= 4 is 5.82 Å². The van der Waals surface area contributed by atoms with Crippen molar-refractivity contribution in [2.45, 2.75) is 26.2 Å². The average molecular weight is 233 g/mol. The number of aromatic nitrogens is 4. The van der Waals surface area contributed by atoms with Crippen LogP contribution < -0.4 is 5.73 Å². The van der Waals surface area contributed by atoms with E-state index < -0.39 is 0 Å². The van der Waals surface area contributed by atoms with Crippen LogP contribution in [0.4, 0.5) is 5.82 Å². The Morgan fingerprint density at radius 1 is 1.35 bits per heavy atom. The summed E-state index contributed by atoms with van der Waals surface area (Å²) in [6.07, 6.45) is 1.45. The molecule has 0 aliphatic heterocycles. The maximum atomic E-state index is 9.30. The molecular weight excluding hydrogens is 218 g/mol. The van der Waals surface area contributed by atoms with E-state index in [0.717, 1.165) is 5.69 Å². The third-order valence-electron chi connectivity index (χ3n) is 2.32. The summed E-state index contributed by atoms with van der Waals surface area (Å²) >= 11 is 0. The van der Waals surface area contributed by atoms with Gasteiger partial charge in [0.05, 0.1) is 5.69 Å². The van der Waals surface area contributed by atoms with Gasteiger partial charge in [-0.05, 0) is 0 Å². The van der Waals surface area contributed by atoms with Gasteiger partial charge >= 0.3 is 0 Å². The Morgan fingerprint density at radius 2 is 2.06 bits per heavy atom. The van der Waals surface area contributed by atoms with E-state index in [4.69, 9.17) is 5.73 Å². The Morgan fingerprint density at radius 3 is 2.59 bits per heavy atom. The Labute approximate surface area is 99.1 Å². The SMILES string of the molecule is CC(C)(C)c1cc(N)n(-c2nccc(O)n2)n1. The van der Waals surface area contributed by atoms with Gasteiger partial charge in [-0.2, -0.15) is 14.8 Å². The second kappa shape index (κ2) is 3.73. The molecule has 0 aromatic carbocycles. The fourth-order valence-corrected chi connectivity index (χ4v) is 1.36. The summed E-state index contributed by atoms with van der Waals surface area (Å²) in [7, 11) is 0. The number of rotatable bonds is 1. The van der Waals surface area contributed by atoms with E-state index in [2.05, 4.69) is 15.1 Å². The first-order chi connectivity index (χ1) is 7.88. The molecule has 90 valence electrons. The van der Waals surface area contributed by atoms with Crippen LogP contribution in [0.3, 0.4) is 0 Å². The first-order valence-corrected chi connectivity index (χ1v) is 5.26. The maximum Gasteiger partial charge on any atom is 0.255 e. The summed E-state index contributed by atoms with van der Waals surface area (Å²) < 4.78 is 1.42. The summed E-state index contributed by atoms with van der Waals surface area (Å²) in [6.45, 7) is 6.13. The van der Waals surface area contributed by atoms with Gasteiger partial charge in [0, 0.05) is 23.7 Å². The van der Waals surface area contributed by atoms with Crippen molar-refractivity contribution in [1.82, 2.24) is 19.7 Å². The molecule has 0 amide bonds. The lowest BCUT2D eigenvalue weighted by Crippen LogP contribution is -2.13. The molecule has 0 fully saturated rings. The molecule has 6 nitrogen and oxygen atoms in total. The molecule has 0 aliphatic carbocycles. The molecule has 0 saturated carbocycles. The first kappa shape index (κ1) is 11.4. The Bertz CT molecular complexity index is 541. The van der Waals surface area contributed by atoms with Crippen molar-refractivity contribution in [2.75, 3.05) is 5.73 Å². The van der Waals surface area contributed by atoms with Crippen molar-refractivity contribution in [1.29, 1.82) is 0 Å². The lowest BCUT2D eigenvalue weighted by molar-refractivity contribution is 0.449. The van der Waals surface area contributed by atoms with Crippen molar-refractivity contribution in [3.63, 3.8) is 0 Å². The van der Waals surface area contributed by atoms with E-state index in [-0.39, 0.29) is 17.2 Å². The molecule has 17 heavy (non-hydrogen) atoms. The van der Waals surface area contributed by atoms with Crippen molar-refractivity contribution in [2.24, 2.45) is 0 Å². The van der Waals surface area contributed by atoms with Gasteiger partial charge in [-0.1, -0.05) is 20.8 Å². The zero-order chi connectivity index (χ0) is 12.6. The summed E-state index contributed by atoms with van der Waals surface area (Å²) in [6, 6.07) is 3.18. The third kappa shape index (κ3) is 2.20. The van der Waals surface area contributed by atoms with E-state index >= 15 is 0 Å². The molecule has 6 heteroatoms. The Kier molecular flexibility index (Phi) is 2.49. The lowest BCUT2D eigenvalue weighted by atomic mass is 9.92. The average Bonchev–Trinajstić information content (AvgIpc) is 2.60. The van der Waals surface area contributed by atoms with Gasteiger partial charge < -0.3 is 10.8 Å². The summed E-state index contributed by atoms with van der Waals surface area (Å²) in [4.78, 5) is 7.88. The largest absolute Gasteiger partial charge is 0.493 e. The van der Waals surface area contributed by atoms with Crippen LogP contribution in [0, 0.1) is 0 Å². The molecule has 0 saturated heterocycles. The van der Waals surface area contributed by atoms with Gasteiger partial charge in [0.2, 0.25) is 5.88 Å². The van der Waals surface area contributed by atoms with E-state index in [9.17, 15) is 5.11 Å². The van der Waals surface area contributed by atoms with Gasteiger partial charge in [0.1, 0.15) is 5.82 Å². The zero-order valence-corrected chi connectivity index (χ0v) is 10.0. The second-order valence-electron chi connectivity index (χ2n) is 4.83. The minimum absolute atomic E-state index is 0.101. The van der Waals surface area contributed by atoms with Crippen LogP contribution in [-0.4, -0.2) is 24.9 Å². The van der Waals surface area contributed by atoms with Crippen LogP contribution in [0.5, 0.6) is 5.88 Å². The van der Waals surface area contributed by atoms with Crippen LogP contribution in [0.1, 0.15) is 26.5 Å². The Hall–Kier alpha value is -2.11. The van der Waals surface area contributed by atoms with Crippen LogP contribution in [0.2, 0.25) is 0 Å². The minimum atomic E-state index is -0.109. The van der Waals surface area contributed by atoms with Crippen molar-refractivity contribution in [3.05, 3.63) is 24.0 Å². The molecule has 0 aliphatic rings. The number of anilines is 1. The normalized spacial score (nSPS) is 11.7. The van der Waals surface area contributed by atoms with Crippen LogP contribution >= 0.6 is 0 Å². The minimum Gasteiger partial charge on any atom is -0.493 e. The van der Waals surface area contributed by atoms with E-state index in [1.807, 2.05) is 20.8 Å². The highest BCUT2D eigenvalue weighted by molar-refractivity contribution is 5.39. The van der Waals surface area contributed by atoms with E-state index in [1.54, 1.807) is 6.07 Å². The molecule has 2 aromatic rings. The number of hydrogen-bond acceptors (Lipinski definition) is 5. The number of nitrogens with zero attached hydrogens (tertiary/aromatic N) is 4. The third-order valence-corrected chi connectivity index (χ3v) is 2.32. The van der Waals surface area contributed by atoms with Crippen LogP contribution in [-0.2, 0) is 5.41 Å². The molecule has 0 unspecified atom stereocenters. The van der Waals surface area contributed by atoms with Gasteiger partial charge in [0.15, 0.2) is 0 Å². The topological polar surface area (TPSA) is 89.9 Å². The maximum absolute atomic E-state index is 9.30. The van der Waals surface area contributed by atoms with E-state index in [0.29, 0.717) is 5.82 Å². The fraction of sp³-hybridized carbons (Fsp3) is 0.364. The van der Waals surface area contributed by atoms with Crippen molar-refractivity contribution < 1.29 is 5.11 Å². The molecule has 0 atom stereocenters. The van der Waals surface area contributed by atoms with Gasteiger partial charge in [0.25, 0.3) is 5.95 Å². The lowest BCUT2D eigenvalue weighted by Gasteiger charge is -2.13. The van der Waals surface area contributed by atoms with E-state index in [1.165, 1.54) is 16.9 Å². The summed E-state index contributed by atoms with van der Waals surface area (Å²) in [5, 5.41) is 13.6. The molecule has 2 heterocycles. The monoisotopic (exact) mass is 233 g/mol. The number of aromatic hydroxyl groups is 1. The molecule has 2 rings (SSSR count). The molecule has 0 spiro atoms. The quantitative estimate of drug-likeness (QED) is 0.773. The molecular formula is C11H15N5O. The second-order valence-corrected chi connectivity index (χ2v) is 4.83. The first-order valence-electron chi connectivity index (χ1n) is 5.26.